The molecule has 1 fully saturated rings. The van der Waals surface area contributed by atoms with Gasteiger partial charge in [-0.25, -0.2) is 4.68 Å². The van der Waals surface area contributed by atoms with Crippen LogP contribution in [-0.4, -0.2) is 15.0 Å². The number of aryl methyl sites for hydroxylation is 1. The lowest BCUT2D eigenvalue weighted by atomic mass is 10.2. The minimum atomic E-state index is 0.458. The number of nitriles is 1. The molecule has 4 heteroatoms. The zero-order valence-corrected chi connectivity index (χ0v) is 9.59. The first-order chi connectivity index (χ1) is 8.29. The fourth-order valence-corrected chi connectivity index (χ4v) is 2.04. The molecule has 0 atom stereocenters. The second-order valence-corrected chi connectivity index (χ2v) is 4.46. The molecule has 84 valence electrons. The highest BCUT2D eigenvalue weighted by Crippen LogP contribution is 2.41. The summed E-state index contributed by atoms with van der Waals surface area (Å²) in [6, 6.07) is 10.2. The summed E-state index contributed by atoms with van der Waals surface area (Å²) in [5.74, 6) is 0.458. The third kappa shape index (κ3) is 1.70. The van der Waals surface area contributed by atoms with Crippen molar-refractivity contribution in [1.82, 2.24) is 15.0 Å². The summed E-state index contributed by atoms with van der Waals surface area (Å²) >= 11 is 0. The number of nitrogens with zero attached hydrogens (tertiary/aromatic N) is 4. The first-order valence-corrected chi connectivity index (χ1v) is 5.72. The molecule has 0 spiro atoms. The lowest BCUT2D eigenvalue weighted by Gasteiger charge is -2.05. The van der Waals surface area contributed by atoms with Crippen LogP contribution in [0.2, 0.25) is 0 Å². The van der Waals surface area contributed by atoms with Crippen LogP contribution in [0.15, 0.2) is 24.3 Å². The van der Waals surface area contributed by atoms with E-state index in [1.54, 1.807) is 0 Å². The smallest absolute Gasteiger partial charge is 0.186 e. The minimum absolute atomic E-state index is 0.458. The summed E-state index contributed by atoms with van der Waals surface area (Å²) in [4.78, 5) is 0. The minimum Gasteiger partial charge on any atom is -0.216 e. The average Bonchev–Trinajstić information content (AvgIpc) is 3.08. The number of benzene rings is 1. The number of hydrogen-bond acceptors (Lipinski definition) is 3. The predicted molar refractivity (Wildman–Crippen MR) is 62.8 cm³/mol. The Morgan fingerprint density at radius 3 is 2.88 bits per heavy atom. The van der Waals surface area contributed by atoms with Gasteiger partial charge in [0, 0.05) is 5.92 Å². The van der Waals surface area contributed by atoms with E-state index in [-0.39, 0.29) is 0 Å². The Kier molecular flexibility index (Phi) is 2.19. The van der Waals surface area contributed by atoms with E-state index in [0.717, 1.165) is 24.2 Å². The maximum absolute atomic E-state index is 9.04. The van der Waals surface area contributed by atoms with Crippen LogP contribution in [0.3, 0.4) is 0 Å². The van der Waals surface area contributed by atoms with Gasteiger partial charge in [0.2, 0.25) is 0 Å². The summed E-state index contributed by atoms with van der Waals surface area (Å²) in [7, 11) is 0. The molecule has 0 aliphatic heterocycles. The quantitative estimate of drug-likeness (QED) is 0.786. The monoisotopic (exact) mass is 224 g/mol. The van der Waals surface area contributed by atoms with Gasteiger partial charge >= 0.3 is 0 Å². The van der Waals surface area contributed by atoms with Crippen molar-refractivity contribution >= 4 is 0 Å². The van der Waals surface area contributed by atoms with Crippen LogP contribution in [0.4, 0.5) is 0 Å². The van der Waals surface area contributed by atoms with Crippen molar-refractivity contribution in [2.45, 2.75) is 25.7 Å². The lowest BCUT2D eigenvalue weighted by molar-refractivity contribution is 0.763. The van der Waals surface area contributed by atoms with Crippen molar-refractivity contribution < 1.29 is 0 Å². The molecular weight excluding hydrogens is 212 g/mol. The summed E-state index contributed by atoms with van der Waals surface area (Å²) in [6.07, 6.45) is 2.27. The molecule has 1 aliphatic carbocycles. The summed E-state index contributed by atoms with van der Waals surface area (Å²) in [6.45, 7) is 2.04. The fraction of sp³-hybridized carbons (Fsp3) is 0.308. The van der Waals surface area contributed by atoms with Crippen molar-refractivity contribution in [3.8, 4) is 11.8 Å². The molecule has 0 amide bonds. The Morgan fingerprint density at radius 2 is 2.24 bits per heavy atom. The van der Waals surface area contributed by atoms with Crippen LogP contribution in [0, 0.1) is 18.3 Å². The van der Waals surface area contributed by atoms with Crippen LogP contribution in [0.25, 0.3) is 5.69 Å². The molecule has 0 N–H and O–H groups in total. The van der Waals surface area contributed by atoms with Crippen molar-refractivity contribution in [2.75, 3.05) is 0 Å². The molecule has 1 saturated carbocycles. The zero-order valence-electron chi connectivity index (χ0n) is 9.59. The Hall–Kier alpha value is -2.15. The van der Waals surface area contributed by atoms with E-state index in [1.807, 2.05) is 29.8 Å². The van der Waals surface area contributed by atoms with Crippen LogP contribution in [0.5, 0.6) is 0 Å². The van der Waals surface area contributed by atoms with Gasteiger partial charge < -0.3 is 0 Å². The van der Waals surface area contributed by atoms with Gasteiger partial charge in [-0.3, -0.25) is 0 Å². The average molecular weight is 224 g/mol. The van der Waals surface area contributed by atoms with Gasteiger partial charge in [-0.05, 0) is 37.5 Å². The predicted octanol–water partition coefficient (Wildman–Crippen LogP) is 2.32. The van der Waals surface area contributed by atoms with Crippen molar-refractivity contribution in [3.05, 3.63) is 41.2 Å². The van der Waals surface area contributed by atoms with Gasteiger partial charge in [-0.15, -0.1) is 5.10 Å². The highest BCUT2D eigenvalue weighted by Gasteiger charge is 2.31. The summed E-state index contributed by atoms with van der Waals surface area (Å²) < 4.78 is 1.81. The second-order valence-electron chi connectivity index (χ2n) is 4.46. The second kappa shape index (κ2) is 3.70. The molecule has 0 unspecified atom stereocenters. The van der Waals surface area contributed by atoms with Gasteiger partial charge in [0.1, 0.15) is 6.07 Å². The first kappa shape index (κ1) is 10.0. The van der Waals surface area contributed by atoms with Crippen molar-refractivity contribution in [1.29, 1.82) is 5.26 Å². The maximum Gasteiger partial charge on any atom is 0.186 e. The molecule has 1 heterocycles. The Balaban J connectivity index is 2.15. The number of hydrogen-bond donors (Lipinski definition) is 0. The molecule has 3 rings (SSSR count). The molecule has 0 bridgehead atoms. The van der Waals surface area contributed by atoms with E-state index in [9.17, 15) is 0 Å². The molecule has 1 aromatic carbocycles. The van der Waals surface area contributed by atoms with Crippen molar-refractivity contribution in [3.63, 3.8) is 0 Å². The highest BCUT2D eigenvalue weighted by molar-refractivity contribution is 5.41. The third-order valence-corrected chi connectivity index (χ3v) is 3.02. The van der Waals surface area contributed by atoms with Crippen LogP contribution in [-0.2, 0) is 0 Å². The van der Waals surface area contributed by atoms with Gasteiger partial charge in [-0.2, -0.15) is 5.26 Å². The van der Waals surface area contributed by atoms with Gasteiger partial charge in [0.25, 0.3) is 0 Å². The van der Waals surface area contributed by atoms with Gasteiger partial charge in [-0.1, -0.05) is 17.3 Å². The normalized spacial score (nSPS) is 14.6. The molecule has 0 saturated heterocycles. The topological polar surface area (TPSA) is 54.5 Å². The van der Waals surface area contributed by atoms with E-state index >= 15 is 0 Å². The number of rotatable bonds is 2. The van der Waals surface area contributed by atoms with Crippen LogP contribution < -0.4 is 0 Å². The van der Waals surface area contributed by atoms with Crippen LogP contribution >= 0.6 is 0 Å². The van der Waals surface area contributed by atoms with E-state index in [0.29, 0.717) is 11.6 Å². The van der Waals surface area contributed by atoms with Crippen molar-refractivity contribution in [2.24, 2.45) is 0 Å². The molecule has 4 nitrogen and oxygen atoms in total. The van der Waals surface area contributed by atoms with Crippen LogP contribution in [0.1, 0.15) is 35.7 Å². The standard InChI is InChI=1S/C13H12N4/c1-9-3-2-4-11(7-9)17-13(10-5-6-10)12(8-14)15-16-17/h2-4,7,10H,5-6H2,1H3. The highest BCUT2D eigenvalue weighted by atomic mass is 15.4. The first-order valence-electron chi connectivity index (χ1n) is 5.72. The van der Waals surface area contributed by atoms with E-state index < -0.39 is 0 Å². The molecule has 17 heavy (non-hydrogen) atoms. The van der Waals surface area contributed by atoms with E-state index in [2.05, 4.69) is 22.4 Å². The van der Waals surface area contributed by atoms with E-state index in [1.165, 1.54) is 5.56 Å². The maximum atomic E-state index is 9.04. The molecule has 1 aliphatic rings. The summed E-state index contributed by atoms with van der Waals surface area (Å²) in [5.41, 5.74) is 3.60. The molecule has 2 aromatic rings. The van der Waals surface area contributed by atoms with Gasteiger partial charge in [0.15, 0.2) is 5.69 Å². The fourth-order valence-electron chi connectivity index (χ4n) is 2.04. The Morgan fingerprint density at radius 1 is 1.41 bits per heavy atom. The Bertz CT molecular complexity index is 602. The molecule has 1 aromatic heterocycles. The zero-order chi connectivity index (χ0) is 11.8. The SMILES string of the molecule is Cc1cccc(-n2nnc(C#N)c2C2CC2)c1. The van der Waals surface area contributed by atoms with Gasteiger partial charge in [0.05, 0.1) is 11.4 Å². The summed E-state index contributed by atoms with van der Waals surface area (Å²) in [5, 5.41) is 17.1. The number of aromatic nitrogens is 3. The molecule has 0 radical (unpaired) electrons. The van der Waals surface area contributed by atoms with E-state index in [4.69, 9.17) is 5.26 Å². The largest absolute Gasteiger partial charge is 0.216 e. The Labute approximate surface area is 99.5 Å². The molecular formula is C13H12N4. The lowest BCUT2D eigenvalue weighted by Crippen LogP contribution is -2.02. The third-order valence-electron chi connectivity index (χ3n) is 3.02.